The summed E-state index contributed by atoms with van der Waals surface area (Å²) in [6.45, 7) is 4.31. The molecule has 0 bridgehead atoms. The van der Waals surface area contributed by atoms with Gasteiger partial charge in [-0.15, -0.1) is 0 Å². The van der Waals surface area contributed by atoms with Crippen molar-refractivity contribution in [1.82, 2.24) is 9.13 Å². The molecule has 0 saturated heterocycles. The van der Waals surface area contributed by atoms with E-state index in [1.54, 1.807) is 0 Å². The molecule has 0 spiro atoms. The summed E-state index contributed by atoms with van der Waals surface area (Å²) >= 11 is 0. The highest BCUT2D eigenvalue weighted by molar-refractivity contribution is 6.15. The van der Waals surface area contributed by atoms with Gasteiger partial charge >= 0.3 is 0 Å². The molecular formula is C21H21N3O. The zero-order valence-corrected chi connectivity index (χ0v) is 14.7. The number of fused-ring (bicyclic) bond motifs is 2. The van der Waals surface area contributed by atoms with Gasteiger partial charge in [0.15, 0.2) is 0 Å². The largest absolute Gasteiger partial charge is 0.350 e. The number of hydrogen-bond donors (Lipinski definition) is 1. The molecule has 0 radical (unpaired) electrons. The minimum atomic E-state index is -0.0819. The lowest BCUT2D eigenvalue weighted by Crippen LogP contribution is -2.11. The van der Waals surface area contributed by atoms with Crippen LogP contribution >= 0.6 is 0 Å². The van der Waals surface area contributed by atoms with Crippen molar-refractivity contribution < 1.29 is 4.79 Å². The number of para-hydroxylation sites is 1. The Labute approximate surface area is 146 Å². The Hall–Kier alpha value is -3.01. The normalized spacial score (nSPS) is 11.5. The maximum atomic E-state index is 12.9. The second kappa shape index (κ2) is 5.81. The summed E-state index contributed by atoms with van der Waals surface area (Å²) in [5.41, 5.74) is 3.72. The van der Waals surface area contributed by atoms with Crippen molar-refractivity contribution in [1.29, 1.82) is 0 Å². The van der Waals surface area contributed by atoms with Crippen LogP contribution < -0.4 is 5.32 Å². The average Bonchev–Trinajstić information content (AvgIpc) is 3.18. The molecule has 4 aromatic rings. The van der Waals surface area contributed by atoms with Gasteiger partial charge in [0, 0.05) is 41.8 Å². The molecule has 4 heteroatoms. The van der Waals surface area contributed by atoms with Crippen molar-refractivity contribution in [3.8, 4) is 0 Å². The number of rotatable bonds is 3. The summed E-state index contributed by atoms with van der Waals surface area (Å²) < 4.78 is 4.20. The predicted octanol–water partition coefficient (Wildman–Crippen LogP) is 4.97. The zero-order chi connectivity index (χ0) is 17.6. The first-order valence-corrected chi connectivity index (χ1v) is 8.51. The van der Waals surface area contributed by atoms with E-state index >= 15 is 0 Å². The maximum absolute atomic E-state index is 12.9. The summed E-state index contributed by atoms with van der Waals surface area (Å²) in [5, 5.41) is 5.12. The second-order valence-electron chi connectivity index (χ2n) is 6.68. The van der Waals surface area contributed by atoms with Crippen molar-refractivity contribution in [2.24, 2.45) is 7.05 Å². The average molecular weight is 331 g/mol. The van der Waals surface area contributed by atoms with Gasteiger partial charge in [0.2, 0.25) is 0 Å². The van der Waals surface area contributed by atoms with Crippen LogP contribution in [0.3, 0.4) is 0 Å². The number of nitrogens with one attached hydrogen (secondary N) is 1. The molecule has 2 aromatic carbocycles. The molecule has 2 aromatic heterocycles. The quantitative estimate of drug-likeness (QED) is 0.566. The van der Waals surface area contributed by atoms with E-state index in [-0.39, 0.29) is 5.91 Å². The van der Waals surface area contributed by atoms with E-state index in [1.807, 2.05) is 54.2 Å². The molecule has 0 saturated carbocycles. The van der Waals surface area contributed by atoms with E-state index < -0.39 is 0 Å². The minimum absolute atomic E-state index is 0.0819. The Balaban J connectivity index is 1.75. The van der Waals surface area contributed by atoms with Gasteiger partial charge in [0.05, 0.1) is 16.8 Å². The van der Waals surface area contributed by atoms with E-state index in [0.717, 1.165) is 27.5 Å². The van der Waals surface area contributed by atoms with Gasteiger partial charge in [-0.2, -0.15) is 0 Å². The number of carbonyl (C=O) groups excluding carboxylic acids is 1. The number of anilines is 1. The maximum Gasteiger partial charge on any atom is 0.257 e. The molecule has 1 N–H and O–H groups in total. The molecule has 1 amide bonds. The van der Waals surface area contributed by atoms with Crippen LogP contribution in [0.1, 0.15) is 30.2 Å². The monoisotopic (exact) mass is 331 g/mol. The number of carbonyl (C=O) groups is 1. The Morgan fingerprint density at radius 3 is 2.52 bits per heavy atom. The lowest BCUT2D eigenvalue weighted by Gasteiger charge is -2.11. The molecule has 0 unspecified atom stereocenters. The first kappa shape index (κ1) is 15.5. The molecule has 0 fully saturated rings. The molecule has 2 heterocycles. The summed E-state index contributed by atoms with van der Waals surface area (Å²) in [6.07, 6.45) is 3.96. The van der Waals surface area contributed by atoms with Crippen LogP contribution in [0.2, 0.25) is 0 Å². The van der Waals surface area contributed by atoms with E-state index in [4.69, 9.17) is 0 Å². The summed E-state index contributed by atoms with van der Waals surface area (Å²) in [4.78, 5) is 12.9. The fraction of sp³-hybridized carbons (Fsp3) is 0.190. The van der Waals surface area contributed by atoms with Gasteiger partial charge in [-0.1, -0.05) is 24.3 Å². The highest BCUT2D eigenvalue weighted by atomic mass is 16.1. The highest BCUT2D eigenvalue weighted by Gasteiger charge is 2.15. The smallest absolute Gasteiger partial charge is 0.257 e. The summed E-state index contributed by atoms with van der Waals surface area (Å²) in [7, 11) is 1.96. The fourth-order valence-electron chi connectivity index (χ4n) is 3.46. The number of amides is 1. The molecule has 25 heavy (non-hydrogen) atoms. The van der Waals surface area contributed by atoms with E-state index in [9.17, 15) is 4.79 Å². The predicted molar refractivity (Wildman–Crippen MR) is 103 cm³/mol. The Morgan fingerprint density at radius 1 is 0.960 bits per heavy atom. The summed E-state index contributed by atoms with van der Waals surface area (Å²) in [6, 6.07) is 16.4. The molecule has 4 rings (SSSR count). The number of nitrogens with zero attached hydrogens (tertiary/aromatic N) is 2. The fourth-order valence-corrected chi connectivity index (χ4v) is 3.46. The van der Waals surface area contributed by atoms with Crippen LogP contribution in [0.25, 0.3) is 21.8 Å². The topological polar surface area (TPSA) is 39.0 Å². The molecule has 4 nitrogen and oxygen atoms in total. The van der Waals surface area contributed by atoms with Crippen molar-refractivity contribution in [3.05, 3.63) is 66.5 Å². The Morgan fingerprint density at radius 2 is 1.72 bits per heavy atom. The lowest BCUT2D eigenvalue weighted by atomic mass is 10.1. The number of aryl methyl sites for hydroxylation is 1. The molecule has 0 aliphatic rings. The van der Waals surface area contributed by atoms with Crippen LogP contribution in [-0.2, 0) is 7.05 Å². The first-order chi connectivity index (χ1) is 12.1. The van der Waals surface area contributed by atoms with Crippen LogP contribution in [0.5, 0.6) is 0 Å². The number of aromatic nitrogens is 2. The molecule has 126 valence electrons. The Kier molecular flexibility index (Phi) is 3.61. The highest BCUT2D eigenvalue weighted by Crippen LogP contribution is 2.28. The van der Waals surface area contributed by atoms with Crippen LogP contribution in [-0.4, -0.2) is 15.0 Å². The first-order valence-electron chi connectivity index (χ1n) is 8.51. The standard InChI is InChI=1S/C21H21N3O/c1-14(2)24-12-11-16-18(8-6-10-20(16)24)22-21(25)17-13-23(3)19-9-5-4-7-15(17)19/h4-14H,1-3H3,(H,22,25). The van der Waals surface area contributed by atoms with Gasteiger partial charge in [0.25, 0.3) is 5.91 Å². The molecule has 0 aliphatic carbocycles. The van der Waals surface area contributed by atoms with Crippen LogP contribution in [0.4, 0.5) is 5.69 Å². The third kappa shape index (κ3) is 2.50. The van der Waals surface area contributed by atoms with Crippen molar-refractivity contribution in [2.45, 2.75) is 19.9 Å². The van der Waals surface area contributed by atoms with Gasteiger partial charge in [-0.25, -0.2) is 0 Å². The van der Waals surface area contributed by atoms with Gasteiger partial charge in [0.1, 0.15) is 0 Å². The van der Waals surface area contributed by atoms with Crippen molar-refractivity contribution >= 4 is 33.4 Å². The van der Waals surface area contributed by atoms with Crippen LogP contribution in [0, 0.1) is 0 Å². The lowest BCUT2D eigenvalue weighted by molar-refractivity contribution is 0.102. The molecule has 0 aliphatic heterocycles. The third-order valence-corrected chi connectivity index (χ3v) is 4.71. The molecule has 0 atom stereocenters. The summed E-state index contributed by atoms with van der Waals surface area (Å²) in [5.74, 6) is -0.0819. The third-order valence-electron chi connectivity index (χ3n) is 4.71. The van der Waals surface area contributed by atoms with Gasteiger partial charge in [-0.05, 0) is 38.1 Å². The van der Waals surface area contributed by atoms with E-state index in [1.165, 1.54) is 0 Å². The Bertz CT molecular complexity index is 1090. The molecular weight excluding hydrogens is 310 g/mol. The minimum Gasteiger partial charge on any atom is -0.350 e. The number of benzene rings is 2. The van der Waals surface area contributed by atoms with Crippen LogP contribution in [0.15, 0.2) is 60.9 Å². The van der Waals surface area contributed by atoms with E-state index in [2.05, 4.69) is 42.1 Å². The number of hydrogen-bond acceptors (Lipinski definition) is 1. The second-order valence-corrected chi connectivity index (χ2v) is 6.68. The SMILES string of the molecule is CC(C)n1ccc2c(NC(=O)c3cn(C)c4ccccc34)cccc21. The zero-order valence-electron chi connectivity index (χ0n) is 14.7. The van der Waals surface area contributed by atoms with Gasteiger partial charge < -0.3 is 14.5 Å². The van der Waals surface area contributed by atoms with Crippen molar-refractivity contribution in [2.75, 3.05) is 5.32 Å². The van der Waals surface area contributed by atoms with Gasteiger partial charge in [-0.3, -0.25) is 4.79 Å². The van der Waals surface area contributed by atoms with E-state index in [0.29, 0.717) is 11.6 Å². The van der Waals surface area contributed by atoms with Crippen molar-refractivity contribution in [3.63, 3.8) is 0 Å².